The average molecular weight is 426 g/mol. The summed E-state index contributed by atoms with van der Waals surface area (Å²) in [6.45, 7) is 1.72. The number of rotatable bonds is 4. The number of benzene rings is 2. The van der Waals surface area contributed by atoms with Gasteiger partial charge in [-0.2, -0.15) is 0 Å². The van der Waals surface area contributed by atoms with Gasteiger partial charge in [0.15, 0.2) is 5.17 Å². The Morgan fingerprint density at radius 3 is 2.86 bits per heavy atom. The van der Waals surface area contributed by atoms with E-state index in [2.05, 4.69) is 10.3 Å². The molecule has 8 heteroatoms. The Kier molecular flexibility index (Phi) is 5.17. The SMILES string of the molecule is Cc1c(Cl)cccc1N=C1NC(=O)/C(=C\c2cn(CC(=O)O)c3ccccc23)S1. The van der Waals surface area contributed by atoms with Crippen molar-refractivity contribution in [1.29, 1.82) is 0 Å². The van der Waals surface area contributed by atoms with Crippen LogP contribution in [-0.4, -0.2) is 26.7 Å². The van der Waals surface area contributed by atoms with E-state index in [-0.39, 0.29) is 12.5 Å². The van der Waals surface area contributed by atoms with Crippen molar-refractivity contribution in [2.75, 3.05) is 0 Å². The molecule has 0 radical (unpaired) electrons. The van der Waals surface area contributed by atoms with Gasteiger partial charge in [0.1, 0.15) is 6.54 Å². The Hall–Kier alpha value is -3.03. The van der Waals surface area contributed by atoms with E-state index < -0.39 is 5.97 Å². The molecule has 29 heavy (non-hydrogen) atoms. The molecule has 1 aromatic heterocycles. The topological polar surface area (TPSA) is 83.7 Å². The van der Waals surface area contributed by atoms with Gasteiger partial charge in [-0.3, -0.25) is 9.59 Å². The van der Waals surface area contributed by atoms with Crippen molar-refractivity contribution in [3.05, 3.63) is 69.7 Å². The maximum absolute atomic E-state index is 12.4. The van der Waals surface area contributed by atoms with Gasteiger partial charge >= 0.3 is 5.97 Å². The van der Waals surface area contributed by atoms with Crippen molar-refractivity contribution in [3.63, 3.8) is 0 Å². The molecule has 1 aliphatic heterocycles. The van der Waals surface area contributed by atoms with E-state index in [4.69, 9.17) is 16.7 Å². The first-order valence-electron chi connectivity index (χ1n) is 8.77. The number of halogens is 1. The monoisotopic (exact) mass is 425 g/mol. The quantitative estimate of drug-likeness (QED) is 0.599. The number of carboxylic acid groups (broad SMARTS) is 1. The van der Waals surface area contributed by atoms with Crippen LogP contribution in [0.1, 0.15) is 11.1 Å². The predicted octanol–water partition coefficient (Wildman–Crippen LogP) is 4.58. The number of fused-ring (bicyclic) bond motifs is 1. The number of carboxylic acids is 1. The van der Waals surface area contributed by atoms with Crippen LogP contribution in [0.2, 0.25) is 5.02 Å². The summed E-state index contributed by atoms with van der Waals surface area (Å²) in [6, 6.07) is 12.9. The fraction of sp³-hybridized carbons (Fsp3) is 0.0952. The number of para-hydroxylation sites is 1. The van der Waals surface area contributed by atoms with Crippen molar-refractivity contribution >= 4 is 63.1 Å². The zero-order valence-corrected chi connectivity index (χ0v) is 16.9. The van der Waals surface area contributed by atoms with Gasteiger partial charge < -0.3 is 15.0 Å². The summed E-state index contributed by atoms with van der Waals surface area (Å²) in [5, 5.41) is 13.9. The first-order chi connectivity index (χ1) is 13.9. The minimum Gasteiger partial charge on any atom is -0.480 e. The number of hydrogen-bond donors (Lipinski definition) is 2. The maximum atomic E-state index is 12.4. The fourth-order valence-electron chi connectivity index (χ4n) is 3.12. The molecule has 3 aromatic rings. The second kappa shape index (κ2) is 7.77. The van der Waals surface area contributed by atoms with Crippen molar-refractivity contribution in [1.82, 2.24) is 9.88 Å². The highest BCUT2D eigenvalue weighted by atomic mass is 35.5. The summed E-state index contributed by atoms with van der Waals surface area (Å²) in [6.07, 6.45) is 3.50. The number of thioether (sulfide) groups is 1. The molecule has 1 amide bonds. The largest absolute Gasteiger partial charge is 0.480 e. The lowest BCUT2D eigenvalue weighted by Gasteiger charge is -2.02. The van der Waals surface area contributed by atoms with Gasteiger partial charge in [0.05, 0.1) is 10.6 Å². The fourth-order valence-corrected chi connectivity index (χ4v) is 4.11. The number of amides is 1. The number of aliphatic imine (C=N–C) groups is 1. The van der Waals surface area contributed by atoms with Gasteiger partial charge in [-0.15, -0.1) is 0 Å². The van der Waals surface area contributed by atoms with Crippen LogP contribution in [0.5, 0.6) is 0 Å². The predicted molar refractivity (Wildman–Crippen MR) is 117 cm³/mol. The van der Waals surface area contributed by atoms with Crippen LogP contribution in [0.25, 0.3) is 17.0 Å². The van der Waals surface area contributed by atoms with Crippen molar-refractivity contribution in [2.24, 2.45) is 4.99 Å². The van der Waals surface area contributed by atoms with Crippen LogP contribution >= 0.6 is 23.4 Å². The number of nitrogens with zero attached hydrogens (tertiary/aromatic N) is 2. The molecular weight excluding hydrogens is 410 g/mol. The van der Waals surface area contributed by atoms with Gasteiger partial charge in [-0.1, -0.05) is 35.9 Å². The average Bonchev–Trinajstić information content (AvgIpc) is 3.19. The maximum Gasteiger partial charge on any atom is 0.323 e. The molecule has 2 heterocycles. The first kappa shape index (κ1) is 19.3. The molecule has 1 aliphatic rings. The molecule has 0 spiro atoms. The number of hydrogen-bond acceptors (Lipinski definition) is 4. The molecule has 2 N–H and O–H groups in total. The van der Waals surface area contributed by atoms with Crippen LogP contribution in [0, 0.1) is 6.92 Å². The molecule has 0 bridgehead atoms. The normalized spacial score (nSPS) is 16.7. The van der Waals surface area contributed by atoms with Gasteiger partial charge in [-0.25, -0.2) is 4.99 Å². The molecule has 2 aromatic carbocycles. The summed E-state index contributed by atoms with van der Waals surface area (Å²) in [4.78, 5) is 28.6. The van der Waals surface area contributed by atoms with E-state index in [1.807, 2.05) is 43.3 Å². The number of amidine groups is 1. The van der Waals surface area contributed by atoms with Gasteiger partial charge in [0.2, 0.25) is 0 Å². The van der Waals surface area contributed by atoms with Crippen LogP contribution in [0.4, 0.5) is 5.69 Å². The van der Waals surface area contributed by atoms with Crippen LogP contribution in [0.15, 0.2) is 58.6 Å². The Morgan fingerprint density at radius 1 is 1.28 bits per heavy atom. The number of carbonyl (C=O) groups excluding carboxylic acids is 1. The van der Waals surface area contributed by atoms with Crippen molar-refractivity contribution in [3.8, 4) is 0 Å². The molecule has 0 saturated carbocycles. The number of aliphatic carboxylic acids is 1. The summed E-state index contributed by atoms with van der Waals surface area (Å²) in [7, 11) is 0. The Balaban J connectivity index is 1.69. The number of nitrogens with one attached hydrogen (secondary N) is 1. The molecule has 0 aliphatic carbocycles. The molecule has 4 rings (SSSR count). The Labute approximate surface area is 175 Å². The third-order valence-corrected chi connectivity index (χ3v) is 5.84. The molecule has 6 nitrogen and oxygen atoms in total. The lowest BCUT2D eigenvalue weighted by Crippen LogP contribution is -2.19. The minimum absolute atomic E-state index is 0.149. The van der Waals surface area contributed by atoms with E-state index in [1.54, 1.807) is 22.9 Å². The van der Waals surface area contributed by atoms with Crippen LogP contribution in [0.3, 0.4) is 0 Å². The zero-order chi connectivity index (χ0) is 20.5. The van der Waals surface area contributed by atoms with Crippen LogP contribution < -0.4 is 5.32 Å². The molecule has 1 saturated heterocycles. The summed E-state index contributed by atoms with van der Waals surface area (Å²) < 4.78 is 1.66. The molecule has 146 valence electrons. The standard InChI is InChI=1S/C21H16ClN3O3S/c1-12-15(22)6-4-7-16(12)23-21-24-20(28)18(29-21)9-13-10-25(11-19(26)27)17-8-3-2-5-14(13)17/h2-10H,11H2,1H3,(H,26,27)(H,23,24,28)/b18-9+. The summed E-state index contributed by atoms with van der Waals surface area (Å²) in [5.41, 5.74) is 3.11. The van der Waals surface area contributed by atoms with E-state index in [0.717, 1.165) is 22.0 Å². The second-order valence-corrected chi connectivity index (χ2v) is 7.93. The lowest BCUT2D eigenvalue weighted by molar-refractivity contribution is -0.137. The number of carbonyl (C=O) groups is 2. The Bertz CT molecular complexity index is 1210. The van der Waals surface area contributed by atoms with Gasteiger partial charge in [-0.05, 0) is 48.5 Å². The van der Waals surface area contributed by atoms with E-state index in [9.17, 15) is 9.59 Å². The summed E-state index contributed by atoms with van der Waals surface area (Å²) in [5.74, 6) is -1.17. The highest BCUT2D eigenvalue weighted by Gasteiger charge is 2.24. The molecular formula is C21H16ClN3O3S. The van der Waals surface area contributed by atoms with Crippen molar-refractivity contribution < 1.29 is 14.7 Å². The second-order valence-electron chi connectivity index (χ2n) is 6.49. The molecule has 0 atom stereocenters. The molecule has 0 unspecified atom stereocenters. The smallest absolute Gasteiger partial charge is 0.323 e. The highest BCUT2D eigenvalue weighted by molar-refractivity contribution is 8.18. The van der Waals surface area contributed by atoms with E-state index >= 15 is 0 Å². The Morgan fingerprint density at radius 2 is 2.07 bits per heavy atom. The first-order valence-corrected chi connectivity index (χ1v) is 9.96. The highest BCUT2D eigenvalue weighted by Crippen LogP contribution is 2.32. The third-order valence-electron chi connectivity index (χ3n) is 4.52. The van der Waals surface area contributed by atoms with Gasteiger partial charge in [0.25, 0.3) is 5.91 Å². The van der Waals surface area contributed by atoms with E-state index in [0.29, 0.717) is 20.8 Å². The van der Waals surface area contributed by atoms with Crippen LogP contribution in [-0.2, 0) is 16.1 Å². The van der Waals surface area contributed by atoms with Crippen molar-refractivity contribution in [2.45, 2.75) is 13.5 Å². The summed E-state index contributed by atoms with van der Waals surface area (Å²) >= 11 is 7.38. The third kappa shape index (κ3) is 3.92. The van der Waals surface area contributed by atoms with Gasteiger partial charge in [0, 0.05) is 27.7 Å². The lowest BCUT2D eigenvalue weighted by atomic mass is 10.1. The zero-order valence-electron chi connectivity index (χ0n) is 15.3. The molecule has 1 fully saturated rings. The minimum atomic E-state index is -0.927. The van der Waals surface area contributed by atoms with E-state index in [1.165, 1.54) is 11.8 Å². The number of aromatic nitrogens is 1.